The zero-order valence-corrected chi connectivity index (χ0v) is 12.9. The fourth-order valence-corrected chi connectivity index (χ4v) is 3.35. The molecule has 0 aliphatic heterocycles. The molecule has 2 rings (SSSR count). The van der Waals surface area contributed by atoms with Crippen LogP contribution in [0.2, 0.25) is 18.1 Å². The lowest BCUT2D eigenvalue weighted by atomic mass is 10.2. The lowest BCUT2D eigenvalue weighted by molar-refractivity contribution is 0.110. The van der Waals surface area contributed by atoms with Gasteiger partial charge in [0.15, 0.2) is 8.32 Å². The van der Waals surface area contributed by atoms with Crippen molar-refractivity contribution in [2.24, 2.45) is 0 Å². The minimum absolute atomic E-state index is 0.00425. The molecule has 0 aromatic carbocycles. The minimum atomic E-state index is -1.81. The third kappa shape index (κ3) is 2.37. The highest BCUT2D eigenvalue weighted by molar-refractivity contribution is 6.74. The summed E-state index contributed by atoms with van der Waals surface area (Å²) in [5.74, 6) is 0. The van der Waals surface area contributed by atoms with Crippen LogP contribution in [-0.4, -0.2) is 18.4 Å². The maximum absolute atomic E-state index is 10.0. The molecule has 4 heteroatoms. The van der Waals surface area contributed by atoms with Crippen LogP contribution in [0.1, 0.15) is 50.7 Å². The molecule has 1 aliphatic rings. The van der Waals surface area contributed by atoms with Gasteiger partial charge in [-0.3, -0.25) is 4.98 Å². The Morgan fingerprint density at radius 3 is 2.67 bits per heavy atom. The van der Waals surface area contributed by atoms with Crippen LogP contribution in [0.25, 0.3) is 0 Å². The molecule has 1 aromatic heterocycles. The molecular weight excluding hydrogens is 242 g/mol. The van der Waals surface area contributed by atoms with Crippen LogP contribution >= 0.6 is 0 Å². The Labute approximate surface area is 110 Å². The van der Waals surface area contributed by atoms with Crippen LogP contribution in [0.3, 0.4) is 0 Å². The van der Waals surface area contributed by atoms with Crippen molar-refractivity contribution < 1.29 is 9.53 Å². The second-order valence-corrected chi connectivity index (χ2v) is 11.4. The Morgan fingerprint density at radius 1 is 1.39 bits per heavy atom. The summed E-state index contributed by atoms with van der Waals surface area (Å²) in [6, 6.07) is 3.94. The van der Waals surface area contributed by atoms with Crippen molar-refractivity contribution in [3.05, 3.63) is 29.6 Å². The standard InChI is InChI=1S/C14H23NO2Si/c1-14(2,3)18(4,5)17-12-9-11(16)13-10(12)7-6-8-15-13/h6-8,11-12,16H,9H2,1-5H3. The number of hydrogen-bond acceptors (Lipinski definition) is 3. The maximum Gasteiger partial charge on any atom is 0.192 e. The van der Waals surface area contributed by atoms with E-state index >= 15 is 0 Å². The monoisotopic (exact) mass is 265 g/mol. The molecule has 1 heterocycles. The average Bonchev–Trinajstić information content (AvgIpc) is 2.55. The summed E-state index contributed by atoms with van der Waals surface area (Å²) in [5, 5.41) is 10.2. The van der Waals surface area contributed by atoms with Crippen LogP contribution in [-0.2, 0) is 4.43 Å². The number of rotatable bonds is 2. The zero-order chi connectivity index (χ0) is 13.6. The van der Waals surface area contributed by atoms with Crippen molar-refractivity contribution >= 4 is 8.32 Å². The van der Waals surface area contributed by atoms with E-state index in [1.807, 2.05) is 12.1 Å². The van der Waals surface area contributed by atoms with Crippen LogP contribution in [0.15, 0.2) is 18.3 Å². The van der Waals surface area contributed by atoms with Gasteiger partial charge in [-0.15, -0.1) is 0 Å². The maximum atomic E-state index is 10.0. The first kappa shape index (κ1) is 13.7. The Morgan fingerprint density at radius 2 is 2.06 bits per heavy atom. The molecule has 0 spiro atoms. The molecule has 1 aromatic rings. The number of fused-ring (bicyclic) bond motifs is 1. The Hall–Kier alpha value is -0.713. The highest BCUT2D eigenvalue weighted by Crippen LogP contribution is 2.45. The zero-order valence-electron chi connectivity index (χ0n) is 11.9. The number of aliphatic hydroxyl groups excluding tert-OH is 1. The van der Waals surface area contributed by atoms with E-state index in [1.165, 1.54) is 0 Å². The Kier molecular flexibility index (Phi) is 3.38. The van der Waals surface area contributed by atoms with E-state index in [1.54, 1.807) is 6.20 Å². The molecule has 0 saturated heterocycles. The summed E-state index contributed by atoms with van der Waals surface area (Å²) in [7, 11) is -1.81. The van der Waals surface area contributed by atoms with Crippen molar-refractivity contribution in [2.75, 3.05) is 0 Å². The average molecular weight is 265 g/mol. The second kappa shape index (κ2) is 4.44. The van der Waals surface area contributed by atoms with E-state index in [9.17, 15) is 5.11 Å². The first-order valence-corrected chi connectivity index (χ1v) is 9.44. The fraction of sp³-hybridized carbons (Fsp3) is 0.643. The normalized spacial score (nSPS) is 24.1. The number of aliphatic hydroxyl groups is 1. The van der Waals surface area contributed by atoms with Gasteiger partial charge in [-0.1, -0.05) is 26.8 Å². The van der Waals surface area contributed by atoms with E-state index in [0.29, 0.717) is 6.42 Å². The fourth-order valence-electron chi connectivity index (χ4n) is 2.07. The first-order chi connectivity index (χ1) is 8.22. The van der Waals surface area contributed by atoms with Crippen molar-refractivity contribution in [1.29, 1.82) is 0 Å². The largest absolute Gasteiger partial charge is 0.410 e. The molecule has 3 nitrogen and oxygen atoms in total. The van der Waals surface area contributed by atoms with E-state index < -0.39 is 14.4 Å². The Bertz CT molecular complexity index is 440. The molecule has 0 amide bonds. The molecule has 100 valence electrons. The van der Waals surface area contributed by atoms with Crippen molar-refractivity contribution in [3.63, 3.8) is 0 Å². The number of aromatic nitrogens is 1. The summed E-state index contributed by atoms with van der Waals surface area (Å²) in [5.41, 5.74) is 1.86. The van der Waals surface area contributed by atoms with Crippen LogP contribution in [0.4, 0.5) is 0 Å². The van der Waals surface area contributed by atoms with Gasteiger partial charge in [-0.25, -0.2) is 0 Å². The molecule has 0 radical (unpaired) electrons. The summed E-state index contributed by atoms with van der Waals surface area (Å²) in [6.45, 7) is 11.2. The number of nitrogens with zero attached hydrogens (tertiary/aromatic N) is 1. The summed E-state index contributed by atoms with van der Waals surface area (Å²) < 4.78 is 6.40. The predicted octanol–water partition coefficient (Wildman–Crippen LogP) is 3.58. The number of hydrogen-bond donors (Lipinski definition) is 1. The highest BCUT2D eigenvalue weighted by Gasteiger charge is 2.42. The van der Waals surface area contributed by atoms with E-state index in [4.69, 9.17) is 4.43 Å². The van der Waals surface area contributed by atoms with Gasteiger partial charge in [0.1, 0.15) is 0 Å². The van der Waals surface area contributed by atoms with Gasteiger partial charge in [0.2, 0.25) is 0 Å². The predicted molar refractivity (Wildman–Crippen MR) is 74.8 cm³/mol. The van der Waals surface area contributed by atoms with Crippen molar-refractivity contribution in [1.82, 2.24) is 4.98 Å². The van der Waals surface area contributed by atoms with Gasteiger partial charge in [-0.05, 0) is 24.2 Å². The third-order valence-electron chi connectivity index (χ3n) is 4.21. The third-order valence-corrected chi connectivity index (χ3v) is 8.70. The summed E-state index contributed by atoms with van der Waals surface area (Å²) in [6.07, 6.45) is 1.90. The van der Waals surface area contributed by atoms with Crippen LogP contribution < -0.4 is 0 Å². The lowest BCUT2D eigenvalue weighted by Gasteiger charge is -2.38. The van der Waals surface area contributed by atoms with Crippen molar-refractivity contribution in [2.45, 2.75) is 57.5 Å². The topological polar surface area (TPSA) is 42.4 Å². The van der Waals surface area contributed by atoms with Crippen molar-refractivity contribution in [3.8, 4) is 0 Å². The van der Waals surface area contributed by atoms with Gasteiger partial charge in [-0.2, -0.15) is 0 Å². The van der Waals surface area contributed by atoms with Gasteiger partial charge < -0.3 is 9.53 Å². The van der Waals surface area contributed by atoms with Gasteiger partial charge >= 0.3 is 0 Å². The molecule has 0 bridgehead atoms. The van der Waals surface area contributed by atoms with E-state index in [0.717, 1.165) is 11.3 Å². The number of pyridine rings is 1. The molecule has 0 saturated carbocycles. The molecule has 18 heavy (non-hydrogen) atoms. The molecule has 1 N–H and O–H groups in total. The molecular formula is C14H23NO2Si. The summed E-state index contributed by atoms with van der Waals surface area (Å²) >= 11 is 0. The van der Waals surface area contributed by atoms with Gasteiger partial charge in [0.25, 0.3) is 0 Å². The lowest BCUT2D eigenvalue weighted by Crippen LogP contribution is -2.41. The van der Waals surface area contributed by atoms with Crippen LogP contribution in [0.5, 0.6) is 0 Å². The van der Waals surface area contributed by atoms with E-state index in [-0.39, 0.29) is 11.1 Å². The highest BCUT2D eigenvalue weighted by atomic mass is 28.4. The van der Waals surface area contributed by atoms with Gasteiger partial charge in [0.05, 0.1) is 17.9 Å². The Balaban J connectivity index is 2.23. The molecule has 0 fully saturated rings. The first-order valence-electron chi connectivity index (χ1n) is 6.53. The van der Waals surface area contributed by atoms with Gasteiger partial charge in [0, 0.05) is 18.2 Å². The van der Waals surface area contributed by atoms with Crippen LogP contribution in [0, 0.1) is 0 Å². The quantitative estimate of drug-likeness (QED) is 0.831. The summed E-state index contributed by atoms with van der Waals surface area (Å²) in [4.78, 5) is 4.27. The smallest absolute Gasteiger partial charge is 0.192 e. The SMILES string of the molecule is CC(C)(C)[Si](C)(C)OC1CC(O)c2ncccc21. The minimum Gasteiger partial charge on any atom is -0.410 e. The molecule has 2 unspecified atom stereocenters. The second-order valence-electron chi connectivity index (χ2n) is 6.60. The molecule has 2 atom stereocenters. The molecule has 1 aliphatic carbocycles. The van der Waals surface area contributed by atoms with E-state index in [2.05, 4.69) is 38.8 Å².